The van der Waals surface area contributed by atoms with E-state index >= 15 is 0 Å². The Balaban J connectivity index is 0. The molecule has 0 saturated carbocycles. The molecule has 0 aromatic rings. The molecule has 0 aliphatic heterocycles. The van der Waals surface area contributed by atoms with E-state index < -0.39 is 6.03 Å². The highest BCUT2D eigenvalue weighted by Crippen LogP contribution is 1.60. The Morgan fingerprint density at radius 3 is 1.60 bits per heavy atom. The van der Waals surface area contributed by atoms with Crippen LogP contribution in [0.15, 0.2) is 4.99 Å². The Bertz CT molecular complexity index is 122. The lowest BCUT2D eigenvalue weighted by Crippen LogP contribution is -2.25. The van der Waals surface area contributed by atoms with Crippen LogP contribution in [0.4, 0.5) is 4.79 Å². The number of guanidine groups is 1. The molecule has 0 atom stereocenters. The highest BCUT2D eigenvalue weighted by atomic mass is 16.4. The number of hydrogen-bond acceptors (Lipinski definition) is 3. The van der Waals surface area contributed by atoms with Gasteiger partial charge in [-0.25, -0.2) is 4.79 Å². The number of carbonyl (C=O) groups excluding carboxylic acids is 1. The van der Waals surface area contributed by atoms with Gasteiger partial charge in [-0.15, -0.1) is 0 Å². The molecule has 0 unspecified atom stereocenters. The van der Waals surface area contributed by atoms with Crippen LogP contribution in [-0.4, -0.2) is 29.7 Å². The summed E-state index contributed by atoms with van der Waals surface area (Å²) in [6, 6.07) is -0.875. The van der Waals surface area contributed by atoms with Gasteiger partial charge in [0.25, 0.3) is 0 Å². The largest absolute Gasteiger partial charge is 0.482 e. The molecule has 0 fully saturated rings. The SMILES string of the molecule is NC(=O)N=C(N)N.O[B]O. The Morgan fingerprint density at radius 2 is 1.60 bits per heavy atom. The molecule has 0 saturated heterocycles. The lowest BCUT2D eigenvalue weighted by atomic mass is 10.5. The van der Waals surface area contributed by atoms with Crippen LogP contribution in [0.2, 0.25) is 0 Å². The molecular formula is C2H8BN4O3. The molecule has 0 aliphatic rings. The van der Waals surface area contributed by atoms with Crippen LogP contribution in [0.3, 0.4) is 0 Å². The standard InChI is InChI=1S/C2H6N4O.BH2O2/c3-1(4)6-2(5)7;2-1-3/h(H6,3,4,5,6,7);2-3H. The summed E-state index contributed by atoms with van der Waals surface area (Å²) in [7, 11) is 0. The van der Waals surface area contributed by atoms with Gasteiger partial charge in [0.05, 0.1) is 0 Å². The zero-order valence-corrected chi connectivity index (χ0v) is 5.06. The maximum absolute atomic E-state index is 9.68. The van der Waals surface area contributed by atoms with E-state index in [1.807, 2.05) is 0 Å². The zero-order chi connectivity index (χ0) is 8.57. The second-order valence-electron chi connectivity index (χ2n) is 0.990. The first-order valence-corrected chi connectivity index (χ1v) is 2.03. The van der Waals surface area contributed by atoms with Crippen molar-refractivity contribution in [3.63, 3.8) is 0 Å². The van der Waals surface area contributed by atoms with E-state index in [1.165, 1.54) is 0 Å². The molecule has 8 heteroatoms. The monoisotopic (exact) mass is 147 g/mol. The van der Waals surface area contributed by atoms with E-state index in [0.29, 0.717) is 0 Å². The van der Waals surface area contributed by atoms with Crippen molar-refractivity contribution < 1.29 is 14.8 Å². The molecule has 8 N–H and O–H groups in total. The number of nitrogens with two attached hydrogens (primary N) is 3. The third-order valence-electron chi connectivity index (χ3n) is 0.239. The summed E-state index contributed by atoms with van der Waals surface area (Å²) in [6.45, 7) is 0. The first kappa shape index (κ1) is 11.5. The average molecular weight is 147 g/mol. The lowest BCUT2D eigenvalue weighted by molar-refractivity contribution is 0.256. The van der Waals surface area contributed by atoms with Gasteiger partial charge in [-0.05, 0) is 0 Å². The molecule has 0 rings (SSSR count). The van der Waals surface area contributed by atoms with Crippen molar-refractivity contribution >= 4 is 19.7 Å². The molecule has 0 aromatic heterocycles. The number of hydrogen-bond donors (Lipinski definition) is 5. The molecule has 0 bridgehead atoms. The predicted octanol–water partition coefficient (Wildman–Crippen LogP) is -3.16. The third kappa shape index (κ3) is 29.7. The molecule has 0 spiro atoms. The zero-order valence-electron chi connectivity index (χ0n) is 5.06. The molecule has 10 heavy (non-hydrogen) atoms. The molecule has 2 amide bonds. The van der Waals surface area contributed by atoms with Crippen LogP contribution in [0.1, 0.15) is 0 Å². The molecule has 0 aliphatic carbocycles. The number of urea groups is 1. The van der Waals surface area contributed by atoms with Gasteiger partial charge in [-0.3, -0.25) is 0 Å². The number of primary amides is 1. The van der Waals surface area contributed by atoms with E-state index in [2.05, 4.69) is 10.7 Å². The predicted molar refractivity (Wildman–Crippen MR) is 35.6 cm³/mol. The third-order valence-corrected chi connectivity index (χ3v) is 0.239. The number of aliphatic imine (C=N–C) groups is 1. The second kappa shape index (κ2) is 7.72. The maximum atomic E-state index is 9.68. The van der Waals surface area contributed by atoms with Crippen LogP contribution >= 0.6 is 0 Å². The van der Waals surface area contributed by atoms with Gasteiger partial charge in [-0.2, -0.15) is 4.99 Å². The smallest absolute Gasteiger partial charge is 0.429 e. The van der Waals surface area contributed by atoms with Gasteiger partial charge in [-0.1, -0.05) is 0 Å². The Hall–Kier alpha value is -1.28. The van der Waals surface area contributed by atoms with Crippen molar-refractivity contribution in [3.05, 3.63) is 0 Å². The lowest BCUT2D eigenvalue weighted by Gasteiger charge is -1.82. The van der Waals surface area contributed by atoms with E-state index in [0.717, 1.165) is 0 Å². The topological polar surface area (TPSA) is 148 Å². The van der Waals surface area contributed by atoms with E-state index in [9.17, 15) is 4.79 Å². The summed E-state index contributed by atoms with van der Waals surface area (Å²) < 4.78 is 0. The summed E-state index contributed by atoms with van der Waals surface area (Å²) in [4.78, 5) is 12.6. The van der Waals surface area contributed by atoms with Crippen molar-refractivity contribution in [2.45, 2.75) is 0 Å². The van der Waals surface area contributed by atoms with Crippen LogP contribution in [0, 0.1) is 0 Å². The summed E-state index contributed by atoms with van der Waals surface area (Å²) in [5, 5.41) is 14.0. The molecule has 7 nitrogen and oxygen atoms in total. The quantitative estimate of drug-likeness (QED) is 0.139. The first-order chi connectivity index (χ1) is 4.54. The number of amides is 2. The number of nitrogens with zero attached hydrogens (tertiary/aromatic N) is 1. The highest BCUT2D eigenvalue weighted by molar-refractivity contribution is 6.13. The van der Waals surface area contributed by atoms with Gasteiger partial charge in [0, 0.05) is 0 Å². The fraction of sp³-hybridized carbons (Fsp3) is 0. The van der Waals surface area contributed by atoms with Crippen molar-refractivity contribution in [1.29, 1.82) is 0 Å². The Morgan fingerprint density at radius 1 is 1.30 bits per heavy atom. The van der Waals surface area contributed by atoms with E-state index in [1.54, 1.807) is 0 Å². The van der Waals surface area contributed by atoms with Crippen LogP contribution < -0.4 is 17.2 Å². The normalized spacial score (nSPS) is 6.60. The van der Waals surface area contributed by atoms with Crippen molar-refractivity contribution in [1.82, 2.24) is 0 Å². The summed E-state index contributed by atoms with van der Waals surface area (Å²) in [5.41, 5.74) is 13.9. The van der Waals surface area contributed by atoms with E-state index in [-0.39, 0.29) is 13.6 Å². The van der Waals surface area contributed by atoms with Crippen molar-refractivity contribution in [2.75, 3.05) is 0 Å². The van der Waals surface area contributed by atoms with Crippen molar-refractivity contribution in [2.24, 2.45) is 22.2 Å². The molecule has 1 radical (unpaired) electrons. The van der Waals surface area contributed by atoms with Crippen LogP contribution in [-0.2, 0) is 0 Å². The first-order valence-electron chi connectivity index (χ1n) is 2.03. The van der Waals surface area contributed by atoms with Crippen LogP contribution in [0.5, 0.6) is 0 Å². The van der Waals surface area contributed by atoms with Gasteiger partial charge >= 0.3 is 13.7 Å². The minimum absolute atomic E-state index is 0. The minimum atomic E-state index is -0.875. The second-order valence-corrected chi connectivity index (χ2v) is 0.990. The Labute approximate surface area is 57.8 Å². The van der Waals surface area contributed by atoms with Gasteiger partial charge in [0.1, 0.15) is 0 Å². The van der Waals surface area contributed by atoms with Gasteiger partial charge < -0.3 is 27.2 Å². The number of carbonyl (C=O) groups is 1. The maximum Gasteiger partial charge on any atom is 0.482 e. The fourth-order valence-electron chi connectivity index (χ4n) is 0.127. The molecule has 0 aromatic carbocycles. The fourth-order valence-corrected chi connectivity index (χ4v) is 0.127. The van der Waals surface area contributed by atoms with E-state index in [4.69, 9.17) is 21.5 Å². The molecular weight excluding hydrogens is 139 g/mol. The molecule has 0 heterocycles. The molecule has 57 valence electrons. The minimum Gasteiger partial charge on any atom is -0.429 e. The van der Waals surface area contributed by atoms with Gasteiger partial charge in [0.2, 0.25) is 0 Å². The summed E-state index contributed by atoms with van der Waals surface area (Å²) in [6.07, 6.45) is 0. The van der Waals surface area contributed by atoms with Crippen molar-refractivity contribution in [3.8, 4) is 0 Å². The Kier molecular flexibility index (Phi) is 8.89. The van der Waals surface area contributed by atoms with Crippen LogP contribution in [0.25, 0.3) is 0 Å². The summed E-state index contributed by atoms with van der Waals surface area (Å²) >= 11 is 0. The highest BCUT2D eigenvalue weighted by Gasteiger charge is 1.83. The number of rotatable bonds is 0. The summed E-state index contributed by atoms with van der Waals surface area (Å²) in [5.74, 6) is -0.312. The average Bonchev–Trinajstić information content (AvgIpc) is 1.62. The van der Waals surface area contributed by atoms with Gasteiger partial charge in [0.15, 0.2) is 5.96 Å².